The molecule has 1 unspecified atom stereocenters. The van der Waals surface area contributed by atoms with E-state index in [1.807, 2.05) is 0 Å². The Morgan fingerprint density at radius 3 is 2.52 bits per heavy atom. The molecule has 0 bridgehead atoms. The van der Waals surface area contributed by atoms with Crippen LogP contribution in [-0.2, 0) is 6.18 Å². The van der Waals surface area contributed by atoms with Gasteiger partial charge in [-0.1, -0.05) is 12.1 Å². The molecule has 0 aliphatic carbocycles. The van der Waals surface area contributed by atoms with Gasteiger partial charge in [-0.15, -0.1) is 0 Å². The zero-order valence-electron chi connectivity index (χ0n) is 12.3. The molecule has 23 heavy (non-hydrogen) atoms. The second-order valence-corrected chi connectivity index (χ2v) is 5.52. The van der Waals surface area contributed by atoms with Crippen LogP contribution in [0.4, 0.5) is 13.2 Å². The van der Waals surface area contributed by atoms with Gasteiger partial charge in [-0.2, -0.15) is 13.2 Å². The molecule has 0 saturated carbocycles. The Labute approximate surface area is 131 Å². The van der Waals surface area contributed by atoms with Crippen molar-refractivity contribution in [2.45, 2.75) is 25.1 Å². The second-order valence-electron chi connectivity index (χ2n) is 5.52. The molecule has 2 heterocycles. The summed E-state index contributed by atoms with van der Waals surface area (Å²) in [4.78, 5) is 18.2. The summed E-state index contributed by atoms with van der Waals surface area (Å²) < 4.78 is 38.0. The molecule has 1 fully saturated rings. The Morgan fingerprint density at radius 1 is 1.17 bits per heavy atom. The van der Waals surface area contributed by atoms with E-state index < -0.39 is 11.7 Å². The largest absolute Gasteiger partial charge is 0.416 e. The van der Waals surface area contributed by atoms with Gasteiger partial charge in [-0.3, -0.25) is 9.78 Å². The number of pyridine rings is 1. The third-order valence-electron chi connectivity index (χ3n) is 4.04. The van der Waals surface area contributed by atoms with Crippen LogP contribution in [0.2, 0.25) is 0 Å². The molecule has 3 rings (SSSR count). The van der Waals surface area contributed by atoms with Crippen LogP contribution in [0.1, 0.15) is 40.4 Å². The molecule has 0 spiro atoms. The number of likely N-dealkylation sites (tertiary alicyclic amines) is 1. The summed E-state index contributed by atoms with van der Waals surface area (Å²) in [7, 11) is 0. The van der Waals surface area contributed by atoms with Crippen LogP contribution >= 0.6 is 0 Å². The lowest BCUT2D eigenvalue weighted by atomic mass is 10.0. The average Bonchev–Trinajstić information content (AvgIpc) is 3.04. The minimum absolute atomic E-state index is 0.138. The summed E-state index contributed by atoms with van der Waals surface area (Å²) in [5, 5.41) is 0. The van der Waals surface area contributed by atoms with E-state index in [2.05, 4.69) is 4.98 Å². The van der Waals surface area contributed by atoms with Gasteiger partial charge in [0.15, 0.2) is 0 Å². The molecule has 1 aromatic carbocycles. The number of alkyl halides is 3. The van der Waals surface area contributed by atoms with Crippen LogP contribution in [0.5, 0.6) is 0 Å². The third kappa shape index (κ3) is 3.21. The molecular formula is C17H15F3N2O. The van der Waals surface area contributed by atoms with Crippen molar-refractivity contribution in [3.05, 3.63) is 65.5 Å². The van der Waals surface area contributed by atoms with Crippen molar-refractivity contribution in [2.24, 2.45) is 0 Å². The number of carbonyl (C=O) groups is 1. The molecule has 0 N–H and O–H groups in total. The maximum Gasteiger partial charge on any atom is 0.416 e. The number of nitrogens with zero attached hydrogens (tertiary/aromatic N) is 2. The summed E-state index contributed by atoms with van der Waals surface area (Å²) in [6.07, 6.45) is 0.326. The fourth-order valence-electron chi connectivity index (χ4n) is 2.91. The lowest BCUT2D eigenvalue weighted by Gasteiger charge is -2.25. The topological polar surface area (TPSA) is 33.2 Å². The molecule has 3 nitrogen and oxygen atoms in total. The maximum atomic E-state index is 12.7. The first kappa shape index (κ1) is 15.5. The smallest absolute Gasteiger partial charge is 0.332 e. The second kappa shape index (κ2) is 6.02. The summed E-state index contributed by atoms with van der Waals surface area (Å²) in [5.74, 6) is -0.138. The Morgan fingerprint density at radius 2 is 1.91 bits per heavy atom. The van der Waals surface area contributed by atoms with Crippen molar-refractivity contribution >= 4 is 5.91 Å². The van der Waals surface area contributed by atoms with E-state index in [-0.39, 0.29) is 11.9 Å². The van der Waals surface area contributed by atoms with E-state index in [1.54, 1.807) is 23.2 Å². The summed E-state index contributed by atoms with van der Waals surface area (Å²) in [5.41, 5.74) is 0.545. The van der Waals surface area contributed by atoms with Crippen LogP contribution in [0, 0.1) is 0 Å². The molecule has 1 aliphatic heterocycles. The number of amides is 1. The van der Waals surface area contributed by atoms with E-state index in [0.717, 1.165) is 30.5 Å². The number of carbonyl (C=O) groups excluding carboxylic acids is 1. The predicted octanol–water partition coefficient (Wildman–Crippen LogP) is 4.08. The van der Waals surface area contributed by atoms with Crippen LogP contribution in [0.3, 0.4) is 0 Å². The van der Waals surface area contributed by atoms with Gasteiger partial charge in [0.1, 0.15) is 0 Å². The highest BCUT2D eigenvalue weighted by molar-refractivity contribution is 5.94. The Balaban J connectivity index is 1.83. The average molecular weight is 320 g/mol. The number of rotatable bonds is 2. The first-order valence-corrected chi connectivity index (χ1v) is 7.35. The van der Waals surface area contributed by atoms with Crippen LogP contribution in [-0.4, -0.2) is 22.3 Å². The quantitative estimate of drug-likeness (QED) is 0.835. The van der Waals surface area contributed by atoms with Gasteiger partial charge >= 0.3 is 6.18 Å². The molecule has 2 aromatic rings. The predicted molar refractivity (Wildman–Crippen MR) is 78.7 cm³/mol. The number of hydrogen-bond acceptors (Lipinski definition) is 2. The van der Waals surface area contributed by atoms with Crippen molar-refractivity contribution in [1.29, 1.82) is 0 Å². The zero-order chi connectivity index (χ0) is 16.4. The van der Waals surface area contributed by atoms with Gasteiger partial charge in [0.25, 0.3) is 5.91 Å². The van der Waals surface area contributed by atoms with Crippen LogP contribution < -0.4 is 0 Å². The Bertz CT molecular complexity index is 683. The van der Waals surface area contributed by atoms with Crippen molar-refractivity contribution in [2.75, 3.05) is 6.54 Å². The van der Waals surface area contributed by atoms with Crippen LogP contribution in [0.15, 0.2) is 48.8 Å². The van der Waals surface area contributed by atoms with E-state index in [0.29, 0.717) is 12.1 Å². The number of benzene rings is 1. The van der Waals surface area contributed by atoms with Crippen molar-refractivity contribution in [1.82, 2.24) is 9.88 Å². The van der Waals surface area contributed by atoms with Crippen molar-refractivity contribution in [3.8, 4) is 0 Å². The lowest BCUT2D eigenvalue weighted by molar-refractivity contribution is -0.137. The fourth-order valence-corrected chi connectivity index (χ4v) is 2.91. The molecule has 6 heteroatoms. The van der Waals surface area contributed by atoms with Gasteiger partial charge in [-0.05, 0) is 42.7 Å². The van der Waals surface area contributed by atoms with Crippen molar-refractivity contribution in [3.63, 3.8) is 0 Å². The summed E-state index contributed by atoms with van der Waals surface area (Å²) >= 11 is 0. The SMILES string of the molecule is O=C(c1cccnc1)N1CCCC1c1ccc(C(F)(F)F)cc1. The van der Waals surface area contributed by atoms with Gasteiger partial charge in [-0.25, -0.2) is 0 Å². The molecule has 1 aromatic heterocycles. The third-order valence-corrected chi connectivity index (χ3v) is 4.04. The Hall–Kier alpha value is -2.37. The summed E-state index contributed by atoms with van der Waals surface area (Å²) in [6.45, 7) is 0.597. The Kier molecular flexibility index (Phi) is 4.07. The highest BCUT2D eigenvalue weighted by Gasteiger charge is 2.33. The number of aromatic nitrogens is 1. The van der Waals surface area contributed by atoms with Gasteiger partial charge < -0.3 is 4.90 Å². The van der Waals surface area contributed by atoms with E-state index in [1.165, 1.54) is 18.3 Å². The van der Waals surface area contributed by atoms with Gasteiger partial charge in [0, 0.05) is 18.9 Å². The summed E-state index contributed by atoms with van der Waals surface area (Å²) in [6, 6.07) is 8.25. The lowest BCUT2D eigenvalue weighted by Crippen LogP contribution is -2.30. The minimum atomic E-state index is -4.35. The molecule has 120 valence electrons. The first-order valence-electron chi connectivity index (χ1n) is 7.35. The normalized spacial score (nSPS) is 18.2. The monoisotopic (exact) mass is 320 g/mol. The molecule has 1 saturated heterocycles. The maximum absolute atomic E-state index is 12.7. The van der Waals surface area contributed by atoms with Crippen LogP contribution in [0.25, 0.3) is 0 Å². The van der Waals surface area contributed by atoms with Gasteiger partial charge in [0.05, 0.1) is 17.2 Å². The number of halogens is 3. The molecule has 1 amide bonds. The van der Waals surface area contributed by atoms with E-state index in [9.17, 15) is 18.0 Å². The molecule has 1 atom stereocenters. The van der Waals surface area contributed by atoms with Crippen molar-refractivity contribution < 1.29 is 18.0 Å². The van der Waals surface area contributed by atoms with E-state index >= 15 is 0 Å². The molecule has 0 radical (unpaired) electrons. The molecule has 1 aliphatic rings. The number of hydrogen-bond donors (Lipinski definition) is 0. The fraction of sp³-hybridized carbons (Fsp3) is 0.294. The highest BCUT2D eigenvalue weighted by Crippen LogP contribution is 2.35. The van der Waals surface area contributed by atoms with Gasteiger partial charge in [0.2, 0.25) is 0 Å². The first-order chi connectivity index (χ1) is 11.0. The molecular weight excluding hydrogens is 305 g/mol. The standard InChI is InChI=1S/C17H15F3N2O/c18-17(19,20)14-7-5-12(6-8-14)15-4-2-10-22(15)16(23)13-3-1-9-21-11-13/h1,3,5-9,11,15H,2,4,10H2. The van der Waals surface area contributed by atoms with E-state index in [4.69, 9.17) is 0 Å². The highest BCUT2D eigenvalue weighted by atomic mass is 19.4. The zero-order valence-corrected chi connectivity index (χ0v) is 12.3. The minimum Gasteiger partial charge on any atom is -0.332 e.